The van der Waals surface area contributed by atoms with Crippen LogP contribution in [0.3, 0.4) is 0 Å². The maximum absolute atomic E-state index is 12.3. The first-order chi connectivity index (χ1) is 9.50. The van der Waals surface area contributed by atoms with Gasteiger partial charge in [-0.15, -0.1) is 0 Å². The van der Waals surface area contributed by atoms with Crippen molar-refractivity contribution in [2.75, 3.05) is 19.8 Å². The van der Waals surface area contributed by atoms with Gasteiger partial charge < -0.3 is 9.84 Å². The maximum atomic E-state index is 12.3. The van der Waals surface area contributed by atoms with Gasteiger partial charge in [-0.1, -0.05) is 6.07 Å². The van der Waals surface area contributed by atoms with E-state index in [1.54, 1.807) is 12.1 Å². The topological polar surface area (TPSA) is 101 Å². The standard InChI is InChI=1S/C11H13N3O4S2/c15-11(4-5-18-7-11)6-12-20(16,17)9-3-1-2-8-10(9)14-19-13-8/h1-3,12,15H,4-7H2. The third-order valence-electron chi connectivity index (χ3n) is 3.21. The smallest absolute Gasteiger partial charge is 0.242 e. The van der Waals surface area contributed by atoms with Crippen LogP contribution in [0.2, 0.25) is 0 Å². The summed E-state index contributed by atoms with van der Waals surface area (Å²) in [5, 5.41) is 10.1. The lowest BCUT2D eigenvalue weighted by atomic mass is 10.1. The molecule has 20 heavy (non-hydrogen) atoms. The fourth-order valence-corrected chi connectivity index (χ4v) is 3.93. The second-order valence-electron chi connectivity index (χ2n) is 4.74. The van der Waals surface area contributed by atoms with E-state index < -0.39 is 15.6 Å². The Morgan fingerprint density at radius 2 is 2.30 bits per heavy atom. The van der Waals surface area contributed by atoms with Crippen LogP contribution in [0.5, 0.6) is 0 Å². The van der Waals surface area contributed by atoms with Crippen molar-refractivity contribution in [2.24, 2.45) is 0 Å². The van der Waals surface area contributed by atoms with Gasteiger partial charge in [-0.2, -0.15) is 8.75 Å². The molecule has 2 heterocycles. The summed E-state index contributed by atoms with van der Waals surface area (Å²) in [6.45, 7) is 0.491. The van der Waals surface area contributed by atoms with Gasteiger partial charge in [-0.05, 0) is 12.1 Å². The molecule has 0 radical (unpaired) electrons. The maximum Gasteiger partial charge on any atom is 0.242 e. The van der Waals surface area contributed by atoms with Gasteiger partial charge in [0.25, 0.3) is 0 Å². The predicted octanol–water partition coefficient (Wildman–Crippen LogP) is 0.121. The van der Waals surface area contributed by atoms with E-state index in [2.05, 4.69) is 13.5 Å². The van der Waals surface area contributed by atoms with Crippen LogP contribution in [-0.2, 0) is 14.8 Å². The van der Waals surface area contributed by atoms with Gasteiger partial charge in [-0.25, -0.2) is 13.1 Å². The van der Waals surface area contributed by atoms with Gasteiger partial charge >= 0.3 is 0 Å². The first-order valence-corrected chi connectivity index (χ1v) is 8.23. The zero-order chi connectivity index (χ0) is 14.2. The molecule has 2 N–H and O–H groups in total. The van der Waals surface area contributed by atoms with Crippen molar-refractivity contribution in [1.82, 2.24) is 13.5 Å². The van der Waals surface area contributed by atoms with Crippen molar-refractivity contribution in [3.05, 3.63) is 18.2 Å². The molecule has 1 fully saturated rings. The average molecular weight is 315 g/mol. The van der Waals surface area contributed by atoms with Crippen LogP contribution in [0.1, 0.15) is 6.42 Å². The van der Waals surface area contributed by atoms with E-state index in [0.29, 0.717) is 24.1 Å². The lowest BCUT2D eigenvalue weighted by molar-refractivity contribution is 0.0314. The number of aromatic nitrogens is 2. The van der Waals surface area contributed by atoms with Crippen molar-refractivity contribution in [1.29, 1.82) is 0 Å². The highest BCUT2D eigenvalue weighted by Gasteiger charge is 2.34. The SMILES string of the molecule is O=S(=O)(NCC1(O)CCOC1)c1cccc2nsnc12. The number of nitrogens with zero attached hydrogens (tertiary/aromatic N) is 2. The van der Waals surface area contributed by atoms with E-state index >= 15 is 0 Å². The van der Waals surface area contributed by atoms with Crippen molar-refractivity contribution < 1.29 is 18.3 Å². The molecule has 1 aromatic heterocycles. The normalized spacial score (nSPS) is 23.4. The van der Waals surface area contributed by atoms with Crippen LogP contribution >= 0.6 is 11.7 Å². The molecule has 7 nitrogen and oxygen atoms in total. The van der Waals surface area contributed by atoms with Crippen LogP contribution in [0, 0.1) is 0 Å². The molecule has 9 heteroatoms. The van der Waals surface area contributed by atoms with Crippen molar-refractivity contribution in [2.45, 2.75) is 16.9 Å². The average Bonchev–Trinajstić information content (AvgIpc) is 3.05. The first-order valence-electron chi connectivity index (χ1n) is 6.01. The summed E-state index contributed by atoms with van der Waals surface area (Å²) >= 11 is 0.964. The molecular weight excluding hydrogens is 302 g/mol. The minimum atomic E-state index is -3.74. The van der Waals surface area contributed by atoms with Crippen molar-refractivity contribution in [3.63, 3.8) is 0 Å². The number of benzene rings is 1. The number of nitrogens with one attached hydrogen (secondary N) is 1. The van der Waals surface area contributed by atoms with E-state index in [1.165, 1.54) is 6.07 Å². The van der Waals surface area contributed by atoms with E-state index in [4.69, 9.17) is 4.74 Å². The summed E-state index contributed by atoms with van der Waals surface area (Å²) in [4.78, 5) is 0.0752. The minimum Gasteiger partial charge on any atom is -0.386 e. The predicted molar refractivity (Wildman–Crippen MR) is 73.0 cm³/mol. The van der Waals surface area contributed by atoms with E-state index in [1.807, 2.05) is 0 Å². The highest BCUT2D eigenvalue weighted by molar-refractivity contribution is 7.89. The van der Waals surface area contributed by atoms with E-state index in [0.717, 1.165) is 11.7 Å². The van der Waals surface area contributed by atoms with Crippen LogP contribution in [-0.4, -0.2) is 47.6 Å². The molecule has 0 bridgehead atoms. The molecule has 1 aliphatic heterocycles. The number of rotatable bonds is 4. The molecule has 0 saturated carbocycles. The summed E-state index contributed by atoms with van der Waals surface area (Å²) in [5.74, 6) is 0. The van der Waals surface area contributed by atoms with Gasteiger partial charge in [0.15, 0.2) is 0 Å². The quantitative estimate of drug-likeness (QED) is 0.831. The Balaban J connectivity index is 1.86. The van der Waals surface area contributed by atoms with Crippen LogP contribution < -0.4 is 4.72 Å². The molecule has 0 spiro atoms. The first kappa shape index (κ1) is 13.8. The third-order valence-corrected chi connectivity index (χ3v) is 5.19. The number of sulfonamides is 1. The molecule has 108 valence electrons. The van der Waals surface area contributed by atoms with Gasteiger partial charge in [0.05, 0.1) is 18.3 Å². The Morgan fingerprint density at radius 3 is 3.05 bits per heavy atom. The number of aliphatic hydroxyl groups is 1. The Morgan fingerprint density at radius 1 is 1.45 bits per heavy atom. The fourth-order valence-electron chi connectivity index (χ4n) is 2.04. The highest BCUT2D eigenvalue weighted by Crippen LogP contribution is 2.22. The second kappa shape index (κ2) is 5.01. The summed E-state index contributed by atoms with van der Waals surface area (Å²) in [6.07, 6.45) is 0.415. The lowest BCUT2D eigenvalue weighted by Gasteiger charge is -2.20. The number of fused-ring (bicyclic) bond motifs is 1. The summed E-state index contributed by atoms with van der Waals surface area (Å²) in [7, 11) is -3.74. The summed E-state index contributed by atoms with van der Waals surface area (Å²) in [6, 6.07) is 4.79. The number of ether oxygens (including phenoxy) is 1. The molecule has 3 rings (SSSR count). The monoisotopic (exact) mass is 315 g/mol. The molecule has 1 aromatic carbocycles. The molecule has 1 aliphatic rings. The van der Waals surface area contributed by atoms with Gasteiger partial charge in [-0.3, -0.25) is 0 Å². The molecule has 0 amide bonds. The summed E-state index contributed by atoms with van der Waals surface area (Å²) < 4.78 is 40.2. The zero-order valence-electron chi connectivity index (χ0n) is 10.4. The largest absolute Gasteiger partial charge is 0.386 e. The van der Waals surface area contributed by atoms with Crippen molar-refractivity contribution in [3.8, 4) is 0 Å². The number of hydrogen-bond donors (Lipinski definition) is 2. The highest BCUT2D eigenvalue weighted by atomic mass is 32.2. The molecule has 2 aromatic rings. The molecule has 1 atom stereocenters. The van der Waals surface area contributed by atoms with Gasteiger partial charge in [0, 0.05) is 19.6 Å². The lowest BCUT2D eigenvalue weighted by Crippen LogP contribution is -2.43. The Bertz CT molecular complexity index is 722. The van der Waals surface area contributed by atoms with Gasteiger partial charge in [0.1, 0.15) is 21.5 Å². The summed E-state index contributed by atoms with van der Waals surface area (Å²) in [5.41, 5.74) is -0.248. The number of hydrogen-bond acceptors (Lipinski definition) is 7. The Labute approximate surface area is 120 Å². The van der Waals surface area contributed by atoms with E-state index in [-0.39, 0.29) is 18.0 Å². The van der Waals surface area contributed by atoms with Crippen LogP contribution in [0.4, 0.5) is 0 Å². The molecular formula is C11H13N3O4S2. The second-order valence-corrected chi connectivity index (χ2v) is 7.00. The Kier molecular flexibility index (Phi) is 3.46. The molecule has 1 unspecified atom stereocenters. The van der Waals surface area contributed by atoms with Crippen LogP contribution in [0.15, 0.2) is 23.1 Å². The van der Waals surface area contributed by atoms with E-state index in [9.17, 15) is 13.5 Å². The molecule has 0 aliphatic carbocycles. The fraction of sp³-hybridized carbons (Fsp3) is 0.455. The molecule has 1 saturated heterocycles. The zero-order valence-corrected chi connectivity index (χ0v) is 12.1. The van der Waals surface area contributed by atoms with Gasteiger partial charge in [0.2, 0.25) is 10.0 Å². The van der Waals surface area contributed by atoms with Crippen molar-refractivity contribution >= 4 is 32.8 Å². The Hall–Kier alpha value is -1.13. The minimum absolute atomic E-state index is 0.0752. The van der Waals surface area contributed by atoms with Crippen LogP contribution in [0.25, 0.3) is 11.0 Å². The third kappa shape index (κ3) is 2.54.